The lowest BCUT2D eigenvalue weighted by Gasteiger charge is -2.19. The van der Waals surface area contributed by atoms with Crippen molar-refractivity contribution in [2.45, 2.75) is 19.4 Å². The van der Waals surface area contributed by atoms with Gasteiger partial charge in [0.25, 0.3) is 0 Å². The van der Waals surface area contributed by atoms with Crippen molar-refractivity contribution in [3.8, 4) is 0 Å². The van der Waals surface area contributed by atoms with E-state index < -0.39 is 0 Å². The molecule has 0 spiro atoms. The van der Waals surface area contributed by atoms with E-state index in [-0.39, 0.29) is 11.9 Å². The van der Waals surface area contributed by atoms with Gasteiger partial charge in [-0.15, -0.1) is 0 Å². The van der Waals surface area contributed by atoms with Crippen LogP contribution >= 0.6 is 0 Å². The van der Waals surface area contributed by atoms with Crippen molar-refractivity contribution in [1.29, 1.82) is 0 Å². The smallest absolute Gasteiger partial charge is 0.188 e. The molecule has 6 heteroatoms. The quantitative estimate of drug-likeness (QED) is 0.298. The number of amidine groups is 1. The summed E-state index contributed by atoms with van der Waals surface area (Å²) in [7, 11) is 1.88. The third-order valence-corrected chi connectivity index (χ3v) is 2.38. The molecule has 6 nitrogen and oxygen atoms in total. The summed E-state index contributed by atoms with van der Waals surface area (Å²) in [6, 6.07) is 5.28. The van der Waals surface area contributed by atoms with Crippen LogP contribution in [0.4, 0.5) is 5.82 Å². The Morgan fingerprint density at radius 2 is 2.29 bits per heavy atom. The summed E-state index contributed by atoms with van der Waals surface area (Å²) < 4.78 is 0. The minimum atomic E-state index is -0.343. The van der Waals surface area contributed by atoms with Crippen LogP contribution in [0.15, 0.2) is 23.4 Å². The van der Waals surface area contributed by atoms with E-state index in [1.807, 2.05) is 18.0 Å². The molecule has 17 heavy (non-hydrogen) atoms. The molecule has 0 amide bonds. The molecule has 0 aliphatic rings. The number of rotatable bonds is 5. The molecule has 1 rings (SSSR count). The van der Waals surface area contributed by atoms with Crippen LogP contribution in [0.3, 0.4) is 0 Å². The standard InChI is InChI=1S/C11H18N4O2/c1-8(16)6-7-15(2)10-5-3-4-9(13-10)11(12)14-17/h3-5,8,16-17H,6-7H2,1-2H3,(H2,12,14). The Labute approximate surface area is 100 Å². The van der Waals surface area contributed by atoms with Gasteiger partial charge >= 0.3 is 0 Å². The normalized spacial score (nSPS) is 13.5. The highest BCUT2D eigenvalue weighted by molar-refractivity contribution is 5.95. The first-order valence-corrected chi connectivity index (χ1v) is 5.38. The molecule has 0 aliphatic carbocycles. The molecule has 0 bridgehead atoms. The van der Waals surface area contributed by atoms with E-state index in [9.17, 15) is 5.11 Å². The van der Waals surface area contributed by atoms with E-state index in [4.69, 9.17) is 10.9 Å². The van der Waals surface area contributed by atoms with E-state index in [1.165, 1.54) is 0 Å². The lowest BCUT2D eigenvalue weighted by atomic mass is 10.2. The van der Waals surface area contributed by atoms with E-state index >= 15 is 0 Å². The molecule has 94 valence electrons. The van der Waals surface area contributed by atoms with Gasteiger partial charge in [0.15, 0.2) is 5.84 Å². The molecule has 4 N–H and O–H groups in total. The maximum Gasteiger partial charge on any atom is 0.188 e. The summed E-state index contributed by atoms with van der Waals surface area (Å²) >= 11 is 0. The summed E-state index contributed by atoms with van der Waals surface area (Å²) in [4.78, 5) is 6.15. The fourth-order valence-corrected chi connectivity index (χ4v) is 1.32. The van der Waals surface area contributed by atoms with Crippen molar-refractivity contribution in [2.75, 3.05) is 18.5 Å². The van der Waals surface area contributed by atoms with Gasteiger partial charge in [-0.25, -0.2) is 4.98 Å². The Morgan fingerprint density at radius 3 is 2.88 bits per heavy atom. The largest absolute Gasteiger partial charge is 0.409 e. The van der Waals surface area contributed by atoms with Crippen molar-refractivity contribution < 1.29 is 10.3 Å². The number of aliphatic hydroxyl groups is 1. The van der Waals surface area contributed by atoms with Gasteiger partial charge in [-0.05, 0) is 25.5 Å². The molecule has 1 unspecified atom stereocenters. The molecule has 0 radical (unpaired) electrons. The molecular formula is C11H18N4O2. The van der Waals surface area contributed by atoms with Gasteiger partial charge in [-0.1, -0.05) is 11.2 Å². The number of nitrogens with zero attached hydrogens (tertiary/aromatic N) is 3. The lowest BCUT2D eigenvalue weighted by molar-refractivity contribution is 0.187. The first-order valence-electron chi connectivity index (χ1n) is 5.38. The Morgan fingerprint density at radius 1 is 1.59 bits per heavy atom. The van der Waals surface area contributed by atoms with Gasteiger partial charge in [0, 0.05) is 13.6 Å². The highest BCUT2D eigenvalue weighted by Crippen LogP contribution is 2.10. The fraction of sp³-hybridized carbons (Fsp3) is 0.455. The summed E-state index contributed by atoms with van der Waals surface area (Å²) in [6.45, 7) is 2.43. The number of aromatic nitrogens is 1. The van der Waals surface area contributed by atoms with Gasteiger partial charge in [0.1, 0.15) is 11.5 Å². The molecule has 0 fully saturated rings. The first-order chi connectivity index (χ1) is 8.04. The maximum atomic E-state index is 9.21. The van der Waals surface area contributed by atoms with Gasteiger partial charge in [0.2, 0.25) is 0 Å². The van der Waals surface area contributed by atoms with Crippen LogP contribution in [-0.4, -0.2) is 40.8 Å². The van der Waals surface area contributed by atoms with Crippen LogP contribution < -0.4 is 10.6 Å². The lowest BCUT2D eigenvalue weighted by Crippen LogP contribution is -2.24. The summed E-state index contributed by atoms with van der Waals surface area (Å²) in [6.07, 6.45) is 0.316. The minimum Gasteiger partial charge on any atom is -0.409 e. The molecule has 0 saturated carbocycles. The second-order valence-corrected chi connectivity index (χ2v) is 3.93. The van der Waals surface area contributed by atoms with E-state index in [1.54, 1.807) is 19.1 Å². The maximum absolute atomic E-state index is 9.21. The van der Waals surface area contributed by atoms with Gasteiger partial charge in [-0.2, -0.15) is 0 Å². The topological polar surface area (TPSA) is 95.0 Å². The number of pyridine rings is 1. The van der Waals surface area contributed by atoms with Gasteiger partial charge in [0.05, 0.1) is 6.10 Å². The Balaban J connectivity index is 2.77. The third-order valence-electron chi connectivity index (χ3n) is 2.38. The first kappa shape index (κ1) is 13.2. The van der Waals surface area contributed by atoms with Crippen molar-refractivity contribution in [1.82, 2.24) is 4.98 Å². The van der Waals surface area contributed by atoms with Gasteiger partial charge in [-0.3, -0.25) is 0 Å². The second kappa shape index (κ2) is 6.05. The number of anilines is 1. The van der Waals surface area contributed by atoms with Crippen LogP contribution in [0.2, 0.25) is 0 Å². The molecule has 1 aromatic heterocycles. The Hall–Kier alpha value is -1.82. The molecule has 1 atom stereocenters. The van der Waals surface area contributed by atoms with Crippen LogP contribution in [0.5, 0.6) is 0 Å². The zero-order chi connectivity index (χ0) is 12.8. The third kappa shape index (κ3) is 3.92. The van der Waals surface area contributed by atoms with Crippen LogP contribution in [0, 0.1) is 0 Å². The number of aliphatic hydroxyl groups excluding tert-OH is 1. The van der Waals surface area contributed by atoms with Crippen molar-refractivity contribution in [3.63, 3.8) is 0 Å². The number of oxime groups is 1. The molecule has 1 aromatic rings. The second-order valence-electron chi connectivity index (χ2n) is 3.93. The molecular weight excluding hydrogens is 220 g/mol. The summed E-state index contributed by atoms with van der Waals surface area (Å²) in [5.74, 6) is 0.700. The molecule has 0 aliphatic heterocycles. The van der Waals surface area contributed by atoms with Crippen LogP contribution in [-0.2, 0) is 0 Å². The van der Waals surface area contributed by atoms with E-state index in [0.29, 0.717) is 18.7 Å². The van der Waals surface area contributed by atoms with Crippen LogP contribution in [0.25, 0.3) is 0 Å². The minimum absolute atomic E-state index is 0.0178. The number of nitrogens with two attached hydrogens (primary N) is 1. The van der Waals surface area contributed by atoms with Gasteiger partial charge < -0.3 is 20.9 Å². The zero-order valence-electron chi connectivity index (χ0n) is 10.0. The zero-order valence-corrected chi connectivity index (χ0v) is 10.0. The molecule has 0 saturated heterocycles. The van der Waals surface area contributed by atoms with E-state index in [0.717, 1.165) is 5.82 Å². The predicted octanol–water partition coefficient (Wildman–Crippen LogP) is 0.383. The number of hydrogen-bond donors (Lipinski definition) is 3. The highest BCUT2D eigenvalue weighted by atomic mass is 16.4. The molecule has 1 heterocycles. The van der Waals surface area contributed by atoms with E-state index in [2.05, 4.69) is 10.1 Å². The predicted molar refractivity (Wildman–Crippen MR) is 66.3 cm³/mol. The van der Waals surface area contributed by atoms with Crippen molar-refractivity contribution in [2.24, 2.45) is 10.9 Å². The van der Waals surface area contributed by atoms with Crippen LogP contribution in [0.1, 0.15) is 19.0 Å². The SMILES string of the molecule is CC(O)CCN(C)c1cccc(/C(N)=N/O)n1. The highest BCUT2D eigenvalue weighted by Gasteiger charge is 2.07. The molecule has 0 aromatic carbocycles. The number of hydrogen-bond acceptors (Lipinski definition) is 5. The van der Waals surface area contributed by atoms with Crippen molar-refractivity contribution >= 4 is 11.7 Å². The fourth-order valence-electron chi connectivity index (χ4n) is 1.32. The summed E-state index contributed by atoms with van der Waals surface area (Å²) in [5, 5.41) is 20.7. The Kier molecular flexibility index (Phi) is 4.71. The Bertz CT molecular complexity index is 393. The van der Waals surface area contributed by atoms with Crippen molar-refractivity contribution in [3.05, 3.63) is 23.9 Å². The monoisotopic (exact) mass is 238 g/mol. The summed E-state index contributed by atoms with van der Waals surface area (Å²) in [5.41, 5.74) is 5.89. The average Bonchev–Trinajstić information content (AvgIpc) is 2.35. The average molecular weight is 238 g/mol.